The van der Waals surface area contributed by atoms with Gasteiger partial charge in [0, 0.05) is 0 Å². The van der Waals surface area contributed by atoms with Crippen molar-refractivity contribution in [1.29, 1.82) is 0 Å². The Kier molecular flexibility index (Phi) is 22.2. The third-order valence-electron chi connectivity index (χ3n) is 6.69. The first-order valence-electron chi connectivity index (χ1n) is 14.5. The van der Waals surface area contributed by atoms with E-state index in [0.717, 1.165) is 6.42 Å². The van der Waals surface area contributed by atoms with Crippen molar-refractivity contribution in [3.05, 3.63) is 18.6 Å². The monoisotopic (exact) mass is 581 g/mol. The van der Waals surface area contributed by atoms with Crippen LogP contribution in [0.25, 0.3) is 0 Å². The molecule has 237 valence electrons. The Labute approximate surface area is 237 Å². The first-order chi connectivity index (χ1) is 19.1. The van der Waals surface area contributed by atoms with Crippen LogP contribution in [0.2, 0.25) is 0 Å². The fourth-order valence-electron chi connectivity index (χ4n) is 4.10. The van der Waals surface area contributed by atoms with Gasteiger partial charge in [0.1, 0.15) is 30.5 Å². The van der Waals surface area contributed by atoms with Gasteiger partial charge >= 0.3 is 5.95 Å². The van der Waals surface area contributed by atoms with E-state index in [-0.39, 0.29) is 0 Å². The SMILES string of the molecule is O=C1C(O)=C(O)OC1C(O)CO.OC[C@H]1OC(O)[C@H](O)[C@@H](O)[C@@H]1O.[CH2]CCCCCCCCCCCCCCC. The molecular formula is C28H53O12. The van der Waals surface area contributed by atoms with E-state index in [1.165, 1.54) is 83.5 Å². The molecule has 0 saturated carbocycles. The lowest BCUT2D eigenvalue weighted by molar-refractivity contribution is -0.286. The first-order valence-corrected chi connectivity index (χ1v) is 14.5. The molecule has 1 radical (unpaired) electrons. The number of carbonyl (C=O) groups is 1. The second-order valence-corrected chi connectivity index (χ2v) is 10.1. The summed E-state index contributed by atoms with van der Waals surface area (Å²) >= 11 is 0. The molecule has 12 heteroatoms. The summed E-state index contributed by atoms with van der Waals surface area (Å²) in [6, 6.07) is 0. The molecule has 2 aliphatic heterocycles. The summed E-state index contributed by atoms with van der Waals surface area (Å²) in [6.07, 6.45) is 9.95. The Morgan fingerprint density at radius 2 is 1.25 bits per heavy atom. The van der Waals surface area contributed by atoms with E-state index in [0.29, 0.717) is 0 Å². The summed E-state index contributed by atoms with van der Waals surface area (Å²) in [7, 11) is 0. The number of ether oxygens (including phenoxy) is 2. The summed E-state index contributed by atoms with van der Waals surface area (Å²) in [5.74, 6) is -2.78. The van der Waals surface area contributed by atoms with Crippen LogP contribution in [0.5, 0.6) is 0 Å². The van der Waals surface area contributed by atoms with Gasteiger partial charge in [-0.2, -0.15) is 0 Å². The van der Waals surface area contributed by atoms with Crippen LogP contribution in [-0.4, -0.2) is 108 Å². The van der Waals surface area contributed by atoms with Crippen molar-refractivity contribution >= 4 is 5.78 Å². The molecule has 1 saturated heterocycles. The Hall–Kier alpha value is -1.51. The lowest BCUT2D eigenvalue weighted by Crippen LogP contribution is -2.58. The maximum absolute atomic E-state index is 10.9. The van der Waals surface area contributed by atoms with Crippen LogP contribution >= 0.6 is 0 Å². The Morgan fingerprint density at radius 3 is 1.62 bits per heavy atom. The maximum Gasteiger partial charge on any atom is 0.325 e. The number of Topliss-reactive ketones (excluding diaryl/α,β-unsaturated/α-hetero) is 1. The van der Waals surface area contributed by atoms with E-state index < -0.39 is 73.6 Å². The molecular weight excluding hydrogens is 528 g/mol. The molecule has 0 bridgehead atoms. The number of carbonyl (C=O) groups excluding carboxylic acids is 1. The molecule has 0 aromatic rings. The van der Waals surface area contributed by atoms with Crippen LogP contribution in [0.1, 0.15) is 96.8 Å². The van der Waals surface area contributed by atoms with Gasteiger partial charge in [-0.15, -0.1) is 0 Å². The second kappa shape index (κ2) is 23.1. The predicted octanol–water partition coefficient (Wildman–Crippen LogP) is 1.67. The van der Waals surface area contributed by atoms with Gasteiger partial charge in [0.2, 0.25) is 11.5 Å². The van der Waals surface area contributed by atoms with Gasteiger partial charge in [0.25, 0.3) is 0 Å². The van der Waals surface area contributed by atoms with Crippen LogP contribution in [0, 0.1) is 6.92 Å². The highest BCUT2D eigenvalue weighted by Crippen LogP contribution is 2.20. The molecule has 2 heterocycles. The molecule has 0 amide bonds. The molecule has 9 N–H and O–H groups in total. The van der Waals surface area contributed by atoms with Gasteiger partial charge < -0.3 is 55.4 Å². The zero-order chi connectivity index (χ0) is 30.5. The molecule has 40 heavy (non-hydrogen) atoms. The van der Waals surface area contributed by atoms with Crippen molar-refractivity contribution in [1.82, 2.24) is 0 Å². The fourth-order valence-corrected chi connectivity index (χ4v) is 4.10. The van der Waals surface area contributed by atoms with Crippen molar-refractivity contribution in [2.45, 2.75) is 140 Å². The molecule has 0 aromatic heterocycles. The molecule has 1 fully saturated rings. The number of aliphatic hydroxyl groups excluding tert-OH is 9. The number of rotatable bonds is 16. The van der Waals surface area contributed by atoms with Gasteiger partial charge in [-0.3, -0.25) is 4.79 Å². The fraction of sp³-hybridized carbons (Fsp3) is 0.857. The lowest BCUT2D eigenvalue weighted by Gasteiger charge is -2.37. The average molecular weight is 582 g/mol. The molecule has 0 spiro atoms. The van der Waals surface area contributed by atoms with Crippen molar-refractivity contribution < 1.29 is 60.2 Å². The molecule has 2 aliphatic rings. The highest BCUT2D eigenvalue weighted by atomic mass is 16.6. The lowest BCUT2D eigenvalue weighted by atomic mass is 10.00. The van der Waals surface area contributed by atoms with Crippen LogP contribution < -0.4 is 0 Å². The van der Waals surface area contributed by atoms with Crippen LogP contribution in [0.4, 0.5) is 0 Å². The minimum atomic E-state index is -1.57. The third kappa shape index (κ3) is 14.9. The van der Waals surface area contributed by atoms with Crippen molar-refractivity contribution in [3.63, 3.8) is 0 Å². The van der Waals surface area contributed by atoms with E-state index in [1.54, 1.807) is 0 Å². The van der Waals surface area contributed by atoms with Crippen LogP contribution in [0.15, 0.2) is 11.7 Å². The van der Waals surface area contributed by atoms with Crippen LogP contribution in [0.3, 0.4) is 0 Å². The predicted molar refractivity (Wildman–Crippen MR) is 147 cm³/mol. The summed E-state index contributed by atoms with van der Waals surface area (Å²) in [5, 5.41) is 79.4. The average Bonchev–Trinajstić information content (AvgIpc) is 3.21. The number of aliphatic hydroxyl groups is 9. The minimum Gasteiger partial charge on any atom is -0.499 e. The highest BCUT2D eigenvalue weighted by molar-refractivity contribution is 5.99. The molecule has 2 rings (SSSR count). The van der Waals surface area contributed by atoms with E-state index >= 15 is 0 Å². The molecule has 0 aromatic carbocycles. The van der Waals surface area contributed by atoms with Gasteiger partial charge in [0.15, 0.2) is 12.4 Å². The van der Waals surface area contributed by atoms with Crippen molar-refractivity contribution in [2.24, 2.45) is 0 Å². The van der Waals surface area contributed by atoms with E-state index in [2.05, 4.69) is 23.3 Å². The molecule has 3 unspecified atom stereocenters. The molecule has 12 nitrogen and oxygen atoms in total. The van der Waals surface area contributed by atoms with Gasteiger partial charge in [-0.05, 0) is 0 Å². The Balaban J connectivity index is 0.000000578. The Bertz CT molecular complexity index is 655. The van der Waals surface area contributed by atoms with Crippen molar-refractivity contribution in [2.75, 3.05) is 13.2 Å². The zero-order valence-corrected chi connectivity index (χ0v) is 23.8. The van der Waals surface area contributed by atoms with E-state index in [1.807, 2.05) is 0 Å². The maximum atomic E-state index is 10.9. The van der Waals surface area contributed by atoms with Gasteiger partial charge in [0.05, 0.1) is 13.2 Å². The molecule has 0 aliphatic carbocycles. The number of ketones is 1. The standard InChI is InChI=1S/C16H33.C6H8O6.C6H12O6/c1-3-5-7-9-11-13-15-16-14-12-10-8-6-4-2;7-1-2(8)5-3(9)4(10)6(11)12-5;7-1-2-3(8)4(9)5(10)6(11)12-2/h1,3-16H2,2H3;2,5,7-8,10-11H,1H2;2-11H,1H2/t;;2-,3-,4+,5-,6?/m..1/s1. The number of unbranched alkanes of at least 4 members (excludes halogenated alkanes) is 13. The normalized spacial score (nSPS) is 26.9. The van der Waals surface area contributed by atoms with E-state index in [4.69, 9.17) is 46.0 Å². The topological polar surface area (TPSA) is 218 Å². The Morgan fingerprint density at radius 1 is 0.775 bits per heavy atom. The summed E-state index contributed by atoms with van der Waals surface area (Å²) in [5.41, 5.74) is 0. The smallest absolute Gasteiger partial charge is 0.325 e. The third-order valence-corrected chi connectivity index (χ3v) is 6.69. The summed E-state index contributed by atoms with van der Waals surface area (Å²) in [4.78, 5) is 10.9. The second-order valence-electron chi connectivity index (χ2n) is 10.1. The number of hydrogen-bond donors (Lipinski definition) is 9. The van der Waals surface area contributed by atoms with Crippen LogP contribution in [-0.2, 0) is 14.3 Å². The highest BCUT2D eigenvalue weighted by Gasteiger charge is 2.42. The van der Waals surface area contributed by atoms with E-state index in [9.17, 15) is 4.79 Å². The zero-order valence-electron chi connectivity index (χ0n) is 23.8. The summed E-state index contributed by atoms with van der Waals surface area (Å²) in [6.45, 7) is 4.95. The van der Waals surface area contributed by atoms with Crippen molar-refractivity contribution in [3.8, 4) is 0 Å². The minimum absolute atomic E-state index is 0.526. The number of hydrogen-bond acceptors (Lipinski definition) is 12. The van der Waals surface area contributed by atoms with Gasteiger partial charge in [-0.1, -0.05) is 104 Å². The largest absolute Gasteiger partial charge is 0.499 e. The summed E-state index contributed by atoms with van der Waals surface area (Å²) < 4.78 is 8.94. The first kappa shape index (κ1) is 38.5. The molecule has 7 atom stereocenters. The quantitative estimate of drug-likeness (QED) is 0.119. The van der Waals surface area contributed by atoms with Gasteiger partial charge in [-0.25, -0.2) is 0 Å².